The SMILES string of the molecule is NC(=O)C1(CNC(=O)Cc2coc(-c3ccccc3)n2)CCOCC1. The molecule has 1 aliphatic heterocycles. The van der Waals surface area contributed by atoms with Crippen molar-refractivity contribution in [1.29, 1.82) is 0 Å². The average Bonchev–Trinajstić information content (AvgIpc) is 3.10. The van der Waals surface area contributed by atoms with Gasteiger partial charge in [-0.1, -0.05) is 18.2 Å². The lowest BCUT2D eigenvalue weighted by Gasteiger charge is -2.34. The zero-order chi connectivity index (χ0) is 17.7. The van der Waals surface area contributed by atoms with E-state index in [9.17, 15) is 9.59 Å². The third kappa shape index (κ3) is 4.06. The van der Waals surface area contributed by atoms with E-state index < -0.39 is 11.3 Å². The van der Waals surface area contributed by atoms with Gasteiger partial charge in [0.1, 0.15) is 6.26 Å². The van der Waals surface area contributed by atoms with Crippen molar-refractivity contribution >= 4 is 11.8 Å². The Morgan fingerprint density at radius 1 is 1.20 bits per heavy atom. The van der Waals surface area contributed by atoms with Crippen molar-refractivity contribution in [2.75, 3.05) is 19.8 Å². The molecular weight excluding hydrogens is 322 g/mol. The highest BCUT2D eigenvalue weighted by Gasteiger charge is 2.38. The van der Waals surface area contributed by atoms with Crippen molar-refractivity contribution in [1.82, 2.24) is 10.3 Å². The molecular formula is C18H21N3O4. The minimum absolute atomic E-state index is 0.0850. The lowest BCUT2D eigenvalue weighted by molar-refractivity contribution is -0.133. The highest BCUT2D eigenvalue weighted by Crippen LogP contribution is 2.29. The molecule has 2 aromatic rings. The number of ether oxygens (including phenoxy) is 1. The van der Waals surface area contributed by atoms with E-state index in [0.717, 1.165) is 5.56 Å². The molecule has 1 saturated heterocycles. The second-order valence-electron chi connectivity index (χ2n) is 6.22. The highest BCUT2D eigenvalue weighted by molar-refractivity contribution is 5.83. The summed E-state index contributed by atoms with van der Waals surface area (Å²) in [5, 5.41) is 2.80. The van der Waals surface area contributed by atoms with Gasteiger partial charge in [-0.2, -0.15) is 0 Å². The Labute approximate surface area is 145 Å². The highest BCUT2D eigenvalue weighted by atomic mass is 16.5. The Morgan fingerprint density at radius 2 is 1.92 bits per heavy atom. The van der Waals surface area contributed by atoms with Gasteiger partial charge in [0.15, 0.2) is 0 Å². The van der Waals surface area contributed by atoms with Crippen molar-refractivity contribution in [2.45, 2.75) is 19.3 Å². The molecule has 2 heterocycles. The molecule has 1 aliphatic rings. The van der Waals surface area contributed by atoms with Crippen molar-refractivity contribution in [3.63, 3.8) is 0 Å². The van der Waals surface area contributed by atoms with Crippen LogP contribution in [-0.2, 0) is 20.7 Å². The van der Waals surface area contributed by atoms with Gasteiger partial charge in [0.05, 0.1) is 17.5 Å². The summed E-state index contributed by atoms with van der Waals surface area (Å²) in [6.07, 6.45) is 2.59. The monoisotopic (exact) mass is 343 g/mol. The van der Waals surface area contributed by atoms with E-state index in [2.05, 4.69) is 10.3 Å². The second-order valence-corrected chi connectivity index (χ2v) is 6.22. The van der Waals surface area contributed by atoms with Crippen molar-refractivity contribution in [2.24, 2.45) is 11.1 Å². The third-order valence-electron chi connectivity index (χ3n) is 4.51. The number of hydrogen-bond acceptors (Lipinski definition) is 5. The van der Waals surface area contributed by atoms with Gasteiger partial charge in [0, 0.05) is 25.3 Å². The first-order valence-corrected chi connectivity index (χ1v) is 8.23. The number of carbonyl (C=O) groups excluding carboxylic acids is 2. The van der Waals surface area contributed by atoms with Crippen LogP contribution in [0.25, 0.3) is 11.5 Å². The summed E-state index contributed by atoms with van der Waals surface area (Å²) < 4.78 is 10.7. The molecule has 1 aromatic carbocycles. The average molecular weight is 343 g/mol. The first kappa shape index (κ1) is 17.2. The summed E-state index contributed by atoms with van der Waals surface area (Å²) in [7, 11) is 0. The van der Waals surface area contributed by atoms with Crippen LogP contribution in [0, 0.1) is 5.41 Å². The predicted molar refractivity (Wildman–Crippen MR) is 90.3 cm³/mol. The van der Waals surface area contributed by atoms with Gasteiger partial charge in [-0.15, -0.1) is 0 Å². The number of nitrogens with zero attached hydrogens (tertiary/aromatic N) is 1. The number of carbonyl (C=O) groups is 2. The first-order chi connectivity index (χ1) is 12.1. The van der Waals surface area contributed by atoms with Crippen molar-refractivity contribution < 1.29 is 18.7 Å². The number of amides is 2. The minimum Gasteiger partial charge on any atom is -0.444 e. The van der Waals surface area contributed by atoms with E-state index in [-0.39, 0.29) is 18.9 Å². The van der Waals surface area contributed by atoms with Crippen LogP contribution in [0.5, 0.6) is 0 Å². The molecule has 7 nitrogen and oxygen atoms in total. The maximum atomic E-state index is 12.2. The Morgan fingerprint density at radius 3 is 2.60 bits per heavy atom. The van der Waals surface area contributed by atoms with E-state index in [4.69, 9.17) is 14.9 Å². The van der Waals surface area contributed by atoms with E-state index in [1.54, 1.807) is 0 Å². The Hall–Kier alpha value is -2.67. The van der Waals surface area contributed by atoms with Crippen molar-refractivity contribution in [3.05, 3.63) is 42.3 Å². The number of aromatic nitrogens is 1. The van der Waals surface area contributed by atoms with E-state index >= 15 is 0 Å². The lowest BCUT2D eigenvalue weighted by Crippen LogP contribution is -2.49. The molecule has 132 valence electrons. The largest absolute Gasteiger partial charge is 0.444 e. The molecule has 0 aliphatic carbocycles. The molecule has 0 radical (unpaired) electrons. The fourth-order valence-corrected chi connectivity index (χ4v) is 2.87. The van der Waals surface area contributed by atoms with Crippen LogP contribution in [0.3, 0.4) is 0 Å². The molecule has 1 aromatic heterocycles. The van der Waals surface area contributed by atoms with Crippen LogP contribution in [0.15, 0.2) is 41.0 Å². The molecule has 7 heteroatoms. The van der Waals surface area contributed by atoms with Crippen LogP contribution < -0.4 is 11.1 Å². The molecule has 1 fully saturated rings. The summed E-state index contributed by atoms with van der Waals surface area (Å²) >= 11 is 0. The molecule has 0 saturated carbocycles. The zero-order valence-corrected chi connectivity index (χ0v) is 13.9. The molecule has 2 amide bonds. The van der Waals surface area contributed by atoms with Gasteiger partial charge < -0.3 is 20.2 Å². The number of oxazole rings is 1. The molecule has 3 N–H and O–H groups in total. The van der Waals surface area contributed by atoms with Gasteiger partial charge in [-0.3, -0.25) is 9.59 Å². The number of nitrogens with two attached hydrogens (primary N) is 1. The Bertz CT molecular complexity index is 736. The van der Waals surface area contributed by atoms with E-state index in [1.165, 1.54) is 6.26 Å². The molecule has 0 spiro atoms. The molecule has 25 heavy (non-hydrogen) atoms. The second kappa shape index (κ2) is 7.48. The summed E-state index contributed by atoms with van der Waals surface area (Å²) in [5.41, 5.74) is 6.20. The summed E-state index contributed by atoms with van der Waals surface area (Å²) in [6, 6.07) is 9.47. The standard InChI is InChI=1S/C18H21N3O4/c19-17(23)18(6-8-24-9-7-18)12-20-15(22)10-14-11-25-16(21-14)13-4-2-1-3-5-13/h1-5,11H,6-10,12H2,(H2,19,23)(H,20,22). The first-order valence-electron chi connectivity index (χ1n) is 8.23. The van der Waals surface area contributed by atoms with Crippen LogP contribution >= 0.6 is 0 Å². The maximum Gasteiger partial charge on any atom is 0.226 e. The van der Waals surface area contributed by atoms with Crippen LogP contribution in [0.4, 0.5) is 0 Å². The zero-order valence-electron chi connectivity index (χ0n) is 13.9. The number of hydrogen-bond donors (Lipinski definition) is 2. The van der Waals surface area contributed by atoms with E-state index in [0.29, 0.717) is 37.6 Å². The lowest BCUT2D eigenvalue weighted by atomic mass is 9.79. The van der Waals surface area contributed by atoms with Gasteiger partial charge in [-0.05, 0) is 25.0 Å². The predicted octanol–water partition coefficient (Wildman–Crippen LogP) is 1.28. The quantitative estimate of drug-likeness (QED) is 0.821. The fourth-order valence-electron chi connectivity index (χ4n) is 2.87. The van der Waals surface area contributed by atoms with Crippen LogP contribution in [0.2, 0.25) is 0 Å². The number of nitrogens with one attached hydrogen (secondary N) is 1. The number of benzene rings is 1. The maximum absolute atomic E-state index is 12.2. The number of rotatable bonds is 6. The van der Waals surface area contributed by atoms with Gasteiger partial charge in [0.25, 0.3) is 0 Å². The van der Waals surface area contributed by atoms with Gasteiger partial charge >= 0.3 is 0 Å². The summed E-state index contributed by atoms with van der Waals surface area (Å²) in [6.45, 7) is 1.17. The summed E-state index contributed by atoms with van der Waals surface area (Å²) in [5.74, 6) is -0.148. The minimum atomic E-state index is -0.729. The van der Waals surface area contributed by atoms with Crippen LogP contribution in [-0.4, -0.2) is 36.6 Å². The molecule has 3 rings (SSSR count). The van der Waals surface area contributed by atoms with Gasteiger partial charge in [0.2, 0.25) is 17.7 Å². The summed E-state index contributed by atoms with van der Waals surface area (Å²) in [4.78, 5) is 28.3. The van der Waals surface area contributed by atoms with Crippen LogP contribution in [0.1, 0.15) is 18.5 Å². The smallest absolute Gasteiger partial charge is 0.226 e. The molecule has 0 atom stereocenters. The normalized spacial score (nSPS) is 16.3. The molecule has 0 bridgehead atoms. The molecule has 0 unspecified atom stereocenters. The fraction of sp³-hybridized carbons (Fsp3) is 0.389. The third-order valence-corrected chi connectivity index (χ3v) is 4.51. The Kier molecular flexibility index (Phi) is 5.14. The number of primary amides is 1. The van der Waals surface area contributed by atoms with Crippen molar-refractivity contribution in [3.8, 4) is 11.5 Å². The topological polar surface area (TPSA) is 107 Å². The Balaban J connectivity index is 1.58. The van der Waals surface area contributed by atoms with Gasteiger partial charge in [-0.25, -0.2) is 4.98 Å². The van der Waals surface area contributed by atoms with E-state index in [1.807, 2.05) is 30.3 Å².